The van der Waals surface area contributed by atoms with Crippen LogP contribution in [0, 0.1) is 11.3 Å². The molecule has 1 atom stereocenters. The van der Waals surface area contributed by atoms with Crippen LogP contribution in [0.3, 0.4) is 0 Å². The number of benzene rings is 2. The van der Waals surface area contributed by atoms with Crippen molar-refractivity contribution in [1.82, 2.24) is 0 Å². The SMILES string of the molecule is CC[C@H](Oc1cccc(OC)c1)C(=O)Nc1ccc(CC#N)cc1. The predicted molar refractivity (Wildman–Crippen MR) is 92.1 cm³/mol. The molecule has 0 aliphatic carbocycles. The van der Waals surface area contributed by atoms with Crippen molar-refractivity contribution in [2.75, 3.05) is 12.4 Å². The normalized spacial score (nSPS) is 11.2. The Kier molecular flexibility index (Phi) is 6.21. The molecule has 0 aliphatic rings. The molecule has 0 saturated heterocycles. The summed E-state index contributed by atoms with van der Waals surface area (Å²) in [6.07, 6.45) is 0.288. The Labute approximate surface area is 141 Å². The molecule has 1 N–H and O–H groups in total. The first-order valence-electron chi connectivity index (χ1n) is 7.73. The Morgan fingerprint density at radius 1 is 1.21 bits per heavy atom. The number of ether oxygens (including phenoxy) is 2. The van der Waals surface area contributed by atoms with Crippen LogP contribution in [0.25, 0.3) is 0 Å². The van der Waals surface area contributed by atoms with Gasteiger partial charge in [-0.05, 0) is 36.2 Å². The quantitative estimate of drug-likeness (QED) is 0.845. The van der Waals surface area contributed by atoms with Gasteiger partial charge in [0.25, 0.3) is 5.91 Å². The number of nitriles is 1. The van der Waals surface area contributed by atoms with E-state index in [-0.39, 0.29) is 5.91 Å². The first-order valence-corrected chi connectivity index (χ1v) is 7.73. The molecule has 5 nitrogen and oxygen atoms in total. The highest BCUT2D eigenvalue weighted by molar-refractivity contribution is 5.94. The van der Waals surface area contributed by atoms with E-state index in [0.29, 0.717) is 30.0 Å². The van der Waals surface area contributed by atoms with Gasteiger partial charge in [0.2, 0.25) is 0 Å². The lowest BCUT2D eigenvalue weighted by molar-refractivity contribution is -0.122. The summed E-state index contributed by atoms with van der Waals surface area (Å²) in [5.41, 5.74) is 1.59. The molecule has 0 aliphatic heterocycles. The van der Waals surface area contributed by atoms with Gasteiger partial charge >= 0.3 is 0 Å². The van der Waals surface area contributed by atoms with Crippen LogP contribution in [-0.2, 0) is 11.2 Å². The second-order valence-corrected chi connectivity index (χ2v) is 5.21. The van der Waals surface area contributed by atoms with Crippen molar-refractivity contribution in [3.8, 4) is 17.6 Å². The van der Waals surface area contributed by atoms with Gasteiger partial charge in [0, 0.05) is 11.8 Å². The van der Waals surface area contributed by atoms with Crippen molar-refractivity contribution in [1.29, 1.82) is 5.26 Å². The number of amides is 1. The number of nitrogens with zero attached hydrogens (tertiary/aromatic N) is 1. The summed E-state index contributed by atoms with van der Waals surface area (Å²) in [4.78, 5) is 12.4. The van der Waals surface area contributed by atoms with Gasteiger partial charge in [0.05, 0.1) is 19.6 Å². The van der Waals surface area contributed by atoms with Gasteiger partial charge in [-0.15, -0.1) is 0 Å². The third-order valence-corrected chi connectivity index (χ3v) is 3.49. The fourth-order valence-electron chi connectivity index (χ4n) is 2.18. The maximum absolute atomic E-state index is 12.4. The molecule has 0 aromatic heterocycles. The molecule has 2 aromatic carbocycles. The van der Waals surface area contributed by atoms with Crippen molar-refractivity contribution < 1.29 is 14.3 Å². The van der Waals surface area contributed by atoms with Gasteiger partial charge in [-0.2, -0.15) is 5.26 Å². The third-order valence-electron chi connectivity index (χ3n) is 3.49. The number of rotatable bonds is 7. The van der Waals surface area contributed by atoms with Gasteiger partial charge in [0.15, 0.2) is 6.10 Å². The molecule has 2 aromatic rings. The highest BCUT2D eigenvalue weighted by Gasteiger charge is 2.18. The van der Waals surface area contributed by atoms with E-state index in [1.54, 1.807) is 31.4 Å². The third kappa shape index (κ3) is 4.75. The van der Waals surface area contributed by atoms with Crippen molar-refractivity contribution in [2.24, 2.45) is 0 Å². The number of carbonyl (C=O) groups excluding carboxylic acids is 1. The van der Waals surface area contributed by atoms with E-state index < -0.39 is 6.10 Å². The van der Waals surface area contributed by atoms with Crippen LogP contribution in [-0.4, -0.2) is 19.1 Å². The van der Waals surface area contributed by atoms with Crippen LogP contribution in [0.5, 0.6) is 11.5 Å². The van der Waals surface area contributed by atoms with Crippen LogP contribution in [0.4, 0.5) is 5.69 Å². The molecule has 0 radical (unpaired) electrons. The van der Waals surface area contributed by atoms with Crippen LogP contribution >= 0.6 is 0 Å². The topological polar surface area (TPSA) is 71.3 Å². The number of nitrogens with one attached hydrogen (secondary N) is 1. The highest BCUT2D eigenvalue weighted by atomic mass is 16.5. The summed E-state index contributed by atoms with van der Waals surface area (Å²) in [5.74, 6) is 1.05. The predicted octanol–water partition coefficient (Wildman–Crippen LogP) is 3.56. The van der Waals surface area contributed by atoms with Crippen molar-refractivity contribution in [2.45, 2.75) is 25.9 Å². The lowest BCUT2D eigenvalue weighted by Crippen LogP contribution is -2.32. The standard InChI is InChI=1S/C19H20N2O3/c1-3-18(24-17-6-4-5-16(13-17)23-2)19(22)21-15-9-7-14(8-10-15)11-12-20/h4-10,13,18H,3,11H2,1-2H3,(H,21,22)/t18-/m0/s1. The van der Waals surface area contributed by atoms with Gasteiger partial charge in [-0.3, -0.25) is 4.79 Å². The van der Waals surface area contributed by atoms with E-state index in [9.17, 15) is 4.79 Å². The minimum atomic E-state index is -0.601. The molecule has 1 amide bonds. The Hall–Kier alpha value is -3.00. The second kappa shape index (κ2) is 8.59. The number of hydrogen-bond donors (Lipinski definition) is 1. The summed E-state index contributed by atoms with van der Waals surface area (Å²) in [6.45, 7) is 1.89. The molecule has 2 rings (SSSR count). The Morgan fingerprint density at radius 3 is 2.54 bits per heavy atom. The monoisotopic (exact) mass is 324 g/mol. The summed E-state index contributed by atoms with van der Waals surface area (Å²) in [5, 5.41) is 11.5. The van der Waals surface area contributed by atoms with Crippen molar-refractivity contribution in [3.05, 3.63) is 54.1 Å². The smallest absolute Gasteiger partial charge is 0.265 e. The zero-order chi connectivity index (χ0) is 17.4. The largest absolute Gasteiger partial charge is 0.497 e. The molecule has 0 bridgehead atoms. The Balaban J connectivity index is 2.01. The molecule has 0 saturated carbocycles. The summed E-state index contributed by atoms with van der Waals surface area (Å²) in [6, 6.07) is 16.5. The van der Waals surface area contributed by atoms with E-state index >= 15 is 0 Å². The molecule has 0 spiro atoms. The van der Waals surface area contributed by atoms with E-state index in [4.69, 9.17) is 14.7 Å². The number of anilines is 1. The zero-order valence-electron chi connectivity index (χ0n) is 13.8. The van der Waals surface area contributed by atoms with E-state index in [1.165, 1.54) is 0 Å². The van der Waals surface area contributed by atoms with Crippen molar-refractivity contribution >= 4 is 11.6 Å². The maximum Gasteiger partial charge on any atom is 0.265 e. The number of hydrogen-bond acceptors (Lipinski definition) is 4. The van der Waals surface area contributed by atoms with E-state index in [0.717, 1.165) is 5.56 Å². The molecule has 24 heavy (non-hydrogen) atoms. The molecule has 0 unspecified atom stereocenters. The fraction of sp³-hybridized carbons (Fsp3) is 0.263. The first-order chi connectivity index (χ1) is 11.7. The van der Waals surface area contributed by atoms with E-state index in [2.05, 4.69) is 11.4 Å². The molecule has 0 heterocycles. The Bertz CT molecular complexity index is 720. The minimum Gasteiger partial charge on any atom is -0.497 e. The van der Waals surface area contributed by atoms with Gasteiger partial charge in [0.1, 0.15) is 11.5 Å². The zero-order valence-corrected chi connectivity index (χ0v) is 13.8. The lowest BCUT2D eigenvalue weighted by Gasteiger charge is -2.17. The average Bonchev–Trinajstić information content (AvgIpc) is 2.61. The van der Waals surface area contributed by atoms with Crippen LogP contribution in [0.2, 0.25) is 0 Å². The lowest BCUT2D eigenvalue weighted by atomic mass is 10.1. The molecular formula is C19H20N2O3. The van der Waals surface area contributed by atoms with E-state index in [1.807, 2.05) is 31.2 Å². The average molecular weight is 324 g/mol. The summed E-state index contributed by atoms with van der Waals surface area (Å²) >= 11 is 0. The number of methoxy groups -OCH3 is 1. The van der Waals surface area contributed by atoms with Gasteiger partial charge in [-0.1, -0.05) is 25.1 Å². The van der Waals surface area contributed by atoms with Gasteiger partial charge in [-0.25, -0.2) is 0 Å². The van der Waals surface area contributed by atoms with Crippen LogP contribution in [0.1, 0.15) is 18.9 Å². The van der Waals surface area contributed by atoms with Crippen LogP contribution < -0.4 is 14.8 Å². The molecular weight excluding hydrogens is 304 g/mol. The molecule has 5 heteroatoms. The summed E-state index contributed by atoms with van der Waals surface area (Å²) < 4.78 is 10.9. The first kappa shape index (κ1) is 17.4. The Morgan fingerprint density at radius 2 is 1.92 bits per heavy atom. The van der Waals surface area contributed by atoms with Crippen LogP contribution in [0.15, 0.2) is 48.5 Å². The summed E-state index contributed by atoms with van der Waals surface area (Å²) in [7, 11) is 1.58. The molecule has 124 valence electrons. The maximum atomic E-state index is 12.4. The second-order valence-electron chi connectivity index (χ2n) is 5.21. The van der Waals surface area contributed by atoms with Crippen molar-refractivity contribution in [3.63, 3.8) is 0 Å². The highest BCUT2D eigenvalue weighted by Crippen LogP contribution is 2.21. The fourth-order valence-corrected chi connectivity index (χ4v) is 2.18. The number of carbonyl (C=O) groups is 1. The van der Waals surface area contributed by atoms with Gasteiger partial charge < -0.3 is 14.8 Å². The minimum absolute atomic E-state index is 0.214. The molecule has 0 fully saturated rings.